The van der Waals surface area contributed by atoms with E-state index in [0.717, 1.165) is 29.0 Å². The standard InChI is InChI=1S/C18H20N2O3/c1-3-13-6-4-5-7-15(13)20-18(21)19-12(2)14-8-9-16-17(10-14)23-11-22-16/h4-10,12H,3,11H2,1-2H3,(H2,19,20,21)/t12-/m0/s1. The quantitative estimate of drug-likeness (QED) is 0.901. The Morgan fingerprint density at radius 2 is 1.96 bits per heavy atom. The van der Waals surface area contributed by atoms with E-state index < -0.39 is 0 Å². The van der Waals surface area contributed by atoms with Crippen LogP contribution in [-0.4, -0.2) is 12.8 Å². The lowest BCUT2D eigenvalue weighted by atomic mass is 10.1. The van der Waals surface area contributed by atoms with E-state index in [2.05, 4.69) is 17.6 Å². The number of amides is 2. The number of para-hydroxylation sites is 1. The number of rotatable bonds is 4. The summed E-state index contributed by atoms with van der Waals surface area (Å²) in [5.41, 5.74) is 2.91. The van der Waals surface area contributed by atoms with E-state index in [1.54, 1.807) is 0 Å². The van der Waals surface area contributed by atoms with Gasteiger partial charge in [0.1, 0.15) is 0 Å². The van der Waals surface area contributed by atoms with Gasteiger partial charge in [0.15, 0.2) is 11.5 Å². The fraction of sp³-hybridized carbons (Fsp3) is 0.278. The molecule has 23 heavy (non-hydrogen) atoms. The molecule has 2 N–H and O–H groups in total. The minimum atomic E-state index is -0.226. The monoisotopic (exact) mass is 312 g/mol. The second-order valence-electron chi connectivity index (χ2n) is 5.44. The largest absolute Gasteiger partial charge is 0.454 e. The Kier molecular flexibility index (Phi) is 4.37. The summed E-state index contributed by atoms with van der Waals surface area (Å²) in [6.07, 6.45) is 0.869. The zero-order valence-corrected chi connectivity index (χ0v) is 13.3. The van der Waals surface area contributed by atoms with Crippen LogP contribution in [0.4, 0.5) is 10.5 Å². The molecule has 0 saturated heterocycles. The summed E-state index contributed by atoms with van der Waals surface area (Å²) < 4.78 is 10.7. The van der Waals surface area contributed by atoms with Crippen LogP contribution in [0.3, 0.4) is 0 Å². The van der Waals surface area contributed by atoms with E-state index in [4.69, 9.17) is 9.47 Å². The van der Waals surface area contributed by atoms with Gasteiger partial charge in [-0.25, -0.2) is 4.79 Å². The van der Waals surface area contributed by atoms with E-state index in [-0.39, 0.29) is 18.9 Å². The first-order chi connectivity index (χ1) is 11.2. The Hall–Kier alpha value is -2.69. The van der Waals surface area contributed by atoms with E-state index >= 15 is 0 Å². The molecule has 0 unspecified atom stereocenters. The van der Waals surface area contributed by atoms with Crippen molar-refractivity contribution in [2.45, 2.75) is 26.3 Å². The maximum atomic E-state index is 12.2. The second-order valence-corrected chi connectivity index (χ2v) is 5.44. The third kappa shape index (κ3) is 3.39. The number of aryl methyl sites for hydroxylation is 1. The van der Waals surface area contributed by atoms with Crippen LogP contribution in [0.15, 0.2) is 42.5 Å². The van der Waals surface area contributed by atoms with Crippen molar-refractivity contribution in [2.24, 2.45) is 0 Å². The first-order valence-electron chi connectivity index (χ1n) is 7.72. The van der Waals surface area contributed by atoms with E-state index in [1.165, 1.54) is 0 Å². The van der Waals surface area contributed by atoms with Crippen molar-refractivity contribution in [3.8, 4) is 11.5 Å². The molecule has 0 bridgehead atoms. The minimum Gasteiger partial charge on any atom is -0.454 e. The van der Waals surface area contributed by atoms with Gasteiger partial charge in [-0.3, -0.25) is 0 Å². The predicted octanol–water partition coefficient (Wildman–Crippen LogP) is 3.86. The number of hydrogen-bond donors (Lipinski definition) is 2. The Balaban J connectivity index is 1.65. The average Bonchev–Trinajstić information content (AvgIpc) is 3.02. The molecule has 0 aromatic heterocycles. The molecule has 120 valence electrons. The number of fused-ring (bicyclic) bond motifs is 1. The first kappa shape index (κ1) is 15.2. The van der Waals surface area contributed by atoms with Crippen molar-refractivity contribution in [3.05, 3.63) is 53.6 Å². The second kappa shape index (κ2) is 6.60. The van der Waals surface area contributed by atoms with E-state index in [1.807, 2.05) is 49.4 Å². The number of carbonyl (C=O) groups excluding carboxylic acids is 1. The summed E-state index contributed by atoms with van der Waals surface area (Å²) in [6, 6.07) is 13.1. The van der Waals surface area contributed by atoms with Gasteiger partial charge in [-0.1, -0.05) is 31.2 Å². The molecule has 2 amide bonds. The number of urea groups is 1. The Morgan fingerprint density at radius 1 is 1.17 bits per heavy atom. The predicted molar refractivity (Wildman–Crippen MR) is 89.0 cm³/mol. The van der Waals surface area contributed by atoms with Gasteiger partial charge in [0.2, 0.25) is 6.79 Å². The molecule has 0 aliphatic carbocycles. The Labute approximate surface area is 135 Å². The van der Waals surface area contributed by atoms with Crippen LogP contribution >= 0.6 is 0 Å². The van der Waals surface area contributed by atoms with Gasteiger partial charge in [-0.05, 0) is 42.7 Å². The molecule has 1 atom stereocenters. The van der Waals surface area contributed by atoms with Crippen molar-refractivity contribution in [1.29, 1.82) is 0 Å². The zero-order valence-electron chi connectivity index (χ0n) is 13.3. The number of benzene rings is 2. The lowest BCUT2D eigenvalue weighted by molar-refractivity contribution is 0.174. The molecule has 5 nitrogen and oxygen atoms in total. The van der Waals surface area contributed by atoms with Gasteiger partial charge >= 0.3 is 6.03 Å². The normalized spacial score (nSPS) is 13.5. The molecule has 1 heterocycles. The third-order valence-electron chi connectivity index (χ3n) is 3.89. The lowest BCUT2D eigenvalue weighted by Crippen LogP contribution is -2.31. The molecule has 1 aliphatic rings. The molecule has 0 spiro atoms. The zero-order chi connectivity index (χ0) is 16.2. The van der Waals surface area contributed by atoms with Crippen LogP contribution in [0.25, 0.3) is 0 Å². The summed E-state index contributed by atoms with van der Waals surface area (Å²) in [6.45, 7) is 4.24. The highest BCUT2D eigenvalue weighted by atomic mass is 16.7. The Morgan fingerprint density at radius 3 is 2.78 bits per heavy atom. The summed E-state index contributed by atoms with van der Waals surface area (Å²) in [4.78, 5) is 12.2. The maximum absolute atomic E-state index is 12.2. The highest BCUT2D eigenvalue weighted by Gasteiger charge is 2.17. The van der Waals surface area contributed by atoms with Crippen molar-refractivity contribution in [3.63, 3.8) is 0 Å². The molecular weight excluding hydrogens is 292 g/mol. The highest BCUT2D eigenvalue weighted by molar-refractivity contribution is 5.90. The van der Waals surface area contributed by atoms with Gasteiger partial charge in [-0.15, -0.1) is 0 Å². The summed E-state index contributed by atoms with van der Waals surface area (Å²) >= 11 is 0. The Bertz CT molecular complexity index is 715. The first-order valence-corrected chi connectivity index (χ1v) is 7.72. The van der Waals surface area contributed by atoms with Crippen LogP contribution in [0.5, 0.6) is 11.5 Å². The SMILES string of the molecule is CCc1ccccc1NC(=O)N[C@@H](C)c1ccc2c(c1)OCO2. The van der Waals surface area contributed by atoms with Crippen molar-refractivity contribution >= 4 is 11.7 Å². The number of ether oxygens (including phenoxy) is 2. The molecule has 5 heteroatoms. The summed E-state index contributed by atoms with van der Waals surface area (Å²) in [5.74, 6) is 1.45. The average molecular weight is 312 g/mol. The summed E-state index contributed by atoms with van der Waals surface area (Å²) in [7, 11) is 0. The molecular formula is C18H20N2O3. The fourth-order valence-electron chi connectivity index (χ4n) is 2.57. The number of nitrogens with one attached hydrogen (secondary N) is 2. The fourth-order valence-corrected chi connectivity index (χ4v) is 2.57. The molecule has 1 aliphatic heterocycles. The van der Waals surface area contributed by atoms with Crippen LogP contribution in [0.1, 0.15) is 31.0 Å². The molecule has 0 fully saturated rings. The van der Waals surface area contributed by atoms with Gasteiger partial charge in [0.05, 0.1) is 6.04 Å². The van der Waals surface area contributed by atoms with Gasteiger partial charge in [0, 0.05) is 5.69 Å². The van der Waals surface area contributed by atoms with Gasteiger partial charge in [0.25, 0.3) is 0 Å². The maximum Gasteiger partial charge on any atom is 0.319 e. The van der Waals surface area contributed by atoms with Crippen molar-refractivity contribution < 1.29 is 14.3 Å². The van der Waals surface area contributed by atoms with Crippen LogP contribution in [0, 0.1) is 0 Å². The lowest BCUT2D eigenvalue weighted by Gasteiger charge is -2.16. The molecule has 3 rings (SSSR count). The molecule has 0 saturated carbocycles. The number of carbonyl (C=O) groups is 1. The topological polar surface area (TPSA) is 59.6 Å². The van der Waals surface area contributed by atoms with Crippen molar-refractivity contribution in [2.75, 3.05) is 12.1 Å². The van der Waals surface area contributed by atoms with Gasteiger partial charge < -0.3 is 20.1 Å². The number of anilines is 1. The highest BCUT2D eigenvalue weighted by Crippen LogP contribution is 2.34. The number of hydrogen-bond acceptors (Lipinski definition) is 3. The molecule has 0 radical (unpaired) electrons. The van der Waals surface area contributed by atoms with E-state index in [9.17, 15) is 4.79 Å². The van der Waals surface area contributed by atoms with Crippen molar-refractivity contribution in [1.82, 2.24) is 5.32 Å². The van der Waals surface area contributed by atoms with Crippen LogP contribution in [-0.2, 0) is 6.42 Å². The molecule has 2 aromatic carbocycles. The third-order valence-corrected chi connectivity index (χ3v) is 3.89. The smallest absolute Gasteiger partial charge is 0.319 e. The minimum absolute atomic E-state index is 0.140. The van der Waals surface area contributed by atoms with Crippen LogP contribution < -0.4 is 20.1 Å². The van der Waals surface area contributed by atoms with Crippen LogP contribution in [0.2, 0.25) is 0 Å². The summed E-state index contributed by atoms with van der Waals surface area (Å²) in [5, 5.41) is 5.85. The molecule has 2 aromatic rings. The van der Waals surface area contributed by atoms with Gasteiger partial charge in [-0.2, -0.15) is 0 Å². The van der Waals surface area contributed by atoms with E-state index in [0.29, 0.717) is 5.75 Å².